The van der Waals surface area contributed by atoms with Gasteiger partial charge in [0.2, 0.25) is 0 Å². The molecule has 0 fully saturated rings. The van der Waals surface area contributed by atoms with Gasteiger partial charge in [0.05, 0.1) is 11.4 Å². The summed E-state index contributed by atoms with van der Waals surface area (Å²) in [6.45, 7) is 4.63. The number of nitrogens with zero attached hydrogens (tertiary/aromatic N) is 3. The van der Waals surface area contributed by atoms with Gasteiger partial charge in [0.25, 0.3) is 0 Å². The molecule has 2 aliphatic carbocycles. The highest BCUT2D eigenvalue weighted by Crippen LogP contribution is 2.49. The number of hydrogen-bond donors (Lipinski definition) is 0. The molecule has 0 amide bonds. The van der Waals surface area contributed by atoms with E-state index in [1.807, 2.05) is 13.1 Å². The third-order valence-corrected chi connectivity index (χ3v) is 5.78. The van der Waals surface area contributed by atoms with Gasteiger partial charge in [0, 0.05) is 37.9 Å². The van der Waals surface area contributed by atoms with Gasteiger partial charge in [0.15, 0.2) is 0 Å². The van der Waals surface area contributed by atoms with Crippen LogP contribution in [0.5, 0.6) is 0 Å². The van der Waals surface area contributed by atoms with E-state index in [1.54, 1.807) is 7.05 Å². The Morgan fingerprint density at radius 1 is 0.815 bits per heavy atom. The maximum absolute atomic E-state index is 4.37. The molecule has 3 nitrogen and oxygen atoms in total. The molecule has 0 aromatic heterocycles. The van der Waals surface area contributed by atoms with E-state index in [2.05, 4.69) is 90.4 Å². The molecule has 0 N–H and O–H groups in total. The second kappa shape index (κ2) is 6.34. The zero-order valence-electron chi connectivity index (χ0n) is 16.6. The van der Waals surface area contributed by atoms with Crippen molar-refractivity contribution < 1.29 is 0 Å². The first kappa shape index (κ1) is 17.5. The van der Waals surface area contributed by atoms with Crippen LogP contribution in [0, 0.1) is 0 Å². The first-order chi connectivity index (χ1) is 13.0. The molecular formula is C24H25N3. The first-order valence-electron chi connectivity index (χ1n) is 9.29. The molecule has 0 bridgehead atoms. The van der Waals surface area contributed by atoms with Crippen molar-refractivity contribution in [2.45, 2.75) is 19.3 Å². The van der Waals surface area contributed by atoms with Crippen LogP contribution in [0.25, 0.3) is 11.1 Å². The number of likely N-dealkylation sites (N-methyl/N-ethyl adjacent to an activating group) is 1. The van der Waals surface area contributed by atoms with E-state index < -0.39 is 0 Å². The SMILES string of the molecule is CN=C1C=CC(N(C)c2ccc3c(c2)C(C)(C)c2ccccc2-3)=CC1=NC. The summed E-state index contributed by atoms with van der Waals surface area (Å²) in [4.78, 5) is 10.9. The second-order valence-electron chi connectivity index (χ2n) is 7.58. The second-order valence-corrected chi connectivity index (χ2v) is 7.58. The Kier molecular flexibility index (Phi) is 4.11. The number of aliphatic imine (C=N–C) groups is 2. The summed E-state index contributed by atoms with van der Waals surface area (Å²) in [5.74, 6) is 0. The van der Waals surface area contributed by atoms with Gasteiger partial charge in [-0.25, -0.2) is 0 Å². The highest BCUT2D eigenvalue weighted by molar-refractivity contribution is 6.51. The quantitative estimate of drug-likeness (QED) is 0.695. The summed E-state index contributed by atoms with van der Waals surface area (Å²) in [6, 6.07) is 15.5. The monoisotopic (exact) mass is 355 g/mol. The molecule has 0 saturated carbocycles. The third-order valence-electron chi connectivity index (χ3n) is 5.78. The van der Waals surface area contributed by atoms with E-state index in [0.29, 0.717) is 0 Å². The Morgan fingerprint density at radius 2 is 1.52 bits per heavy atom. The van der Waals surface area contributed by atoms with Crippen LogP contribution in [-0.4, -0.2) is 32.6 Å². The van der Waals surface area contributed by atoms with Gasteiger partial charge in [0.1, 0.15) is 0 Å². The van der Waals surface area contributed by atoms with Gasteiger partial charge >= 0.3 is 0 Å². The molecule has 0 heterocycles. The molecule has 0 radical (unpaired) electrons. The molecule has 0 spiro atoms. The number of rotatable bonds is 2. The highest BCUT2D eigenvalue weighted by atomic mass is 15.1. The van der Waals surface area contributed by atoms with Gasteiger partial charge in [-0.05, 0) is 52.6 Å². The van der Waals surface area contributed by atoms with Crippen molar-refractivity contribution in [3.63, 3.8) is 0 Å². The van der Waals surface area contributed by atoms with Crippen LogP contribution >= 0.6 is 0 Å². The lowest BCUT2D eigenvalue weighted by molar-refractivity contribution is 0.660. The predicted octanol–water partition coefficient (Wildman–Crippen LogP) is 5.02. The molecule has 0 atom stereocenters. The Bertz CT molecular complexity index is 1040. The summed E-state index contributed by atoms with van der Waals surface area (Å²) in [6.07, 6.45) is 6.22. The minimum Gasteiger partial charge on any atom is -0.345 e. The van der Waals surface area contributed by atoms with Crippen molar-refractivity contribution in [3.05, 3.63) is 77.5 Å². The van der Waals surface area contributed by atoms with Gasteiger partial charge in [-0.2, -0.15) is 0 Å². The summed E-state index contributed by atoms with van der Waals surface area (Å²) < 4.78 is 0. The minimum absolute atomic E-state index is 0.0115. The van der Waals surface area contributed by atoms with Crippen LogP contribution in [0.15, 0.2) is 76.4 Å². The molecule has 136 valence electrons. The van der Waals surface area contributed by atoms with Crippen LogP contribution in [-0.2, 0) is 5.41 Å². The van der Waals surface area contributed by atoms with Crippen molar-refractivity contribution in [3.8, 4) is 11.1 Å². The normalized spacial score (nSPS) is 19.8. The van der Waals surface area contributed by atoms with Gasteiger partial charge < -0.3 is 4.90 Å². The number of anilines is 1. The summed E-state index contributed by atoms with van der Waals surface area (Å²) in [5, 5.41) is 0. The molecule has 4 rings (SSSR count). The van der Waals surface area contributed by atoms with Crippen molar-refractivity contribution in [2.24, 2.45) is 9.98 Å². The lowest BCUT2D eigenvalue weighted by Gasteiger charge is -2.26. The van der Waals surface area contributed by atoms with Crippen LogP contribution in [0.2, 0.25) is 0 Å². The van der Waals surface area contributed by atoms with Crippen molar-refractivity contribution in [1.82, 2.24) is 0 Å². The van der Waals surface area contributed by atoms with Crippen LogP contribution in [0.3, 0.4) is 0 Å². The zero-order chi connectivity index (χ0) is 19.2. The van der Waals surface area contributed by atoms with Crippen molar-refractivity contribution in [2.75, 3.05) is 26.0 Å². The first-order valence-corrected chi connectivity index (χ1v) is 9.29. The van der Waals surface area contributed by atoms with Crippen molar-refractivity contribution in [1.29, 1.82) is 0 Å². The van der Waals surface area contributed by atoms with Gasteiger partial charge in [-0.3, -0.25) is 9.98 Å². The summed E-state index contributed by atoms with van der Waals surface area (Å²) in [7, 11) is 5.71. The molecule has 2 aromatic rings. The van der Waals surface area contributed by atoms with Gasteiger partial charge in [-0.1, -0.05) is 44.2 Å². The standard InChI is InChI=1S/C24H25N3/c1-24(2)20-9-7-6-8-18(20)19-12-10-16(14-21(19)24)27(5)17-11-13-22(25-3)23(15-17)26-4/h6-15H,1-5H3. The zero-order valence-corrected chi connectivity index (χ0v) is 16.6. The fourth-order valence-electron chi connectivity index (χ4n) is 4.14. The fraction of sp³-hybridized carbons (Fsp3) is 0.250. The molecule has 0 aliphatic heterocycles. The van der Waals surface area contributed by atoms with Crippen LogP contribution in [0.4, 0.5) is 5.69 Å². The third kappa shape index (κ3) is 2.66. The molecule has 0 saturated heterocycles. The number of fused-ring (bicyclic) bond motifs is 3. The predicted molar refractivity (Wildman–Crippen MR) is 116 cm³/mol. The Balaban J connectivity index is 1.75. The van der Waals surface area contributed by atoms with E-state index in [1.165, 1.54) is 27.9 Å². The largest absolute Gasteiger partial charge is 0.345 e. The minimum atomic E-state index is 0.0115. The Morgan fingerprint density at radius 3 is 2.26 bits per heavy atom. The number of hydrogen-bond acceptors (Lipinski definition) is 3. The van der Waals surface area contributed by atoms with Crippen molar-refractivity contribution >= 4 is 17.1 Å². The van der Waals surface area contributed by atoms with Crippen LogP contribution < -0.4 is 4.90 Å². The molecule has 2 aliphatic rings. The average molecular weight is 355 g/mol. The highest BCUT2D eigenvalue weighted by Gasteiger charge is 2.35. The van der Waals surface area contributed by atoms with Gasteiger partial charge in [-0.15, -0.1) is 0 Å². The number of benzene rings is 2. The van der Waals surface area contributed by atoms with E-state index in [0.717, 1.165) is 17.1 Å². The summed E-state index contributed by atoms with van der Waals surface area (Å²) in [5.41, 5.74) is 9.61. The summed E-state index contributed by atoms with van der Waals surface area (Å²) >= 11 is 0. The number of allylic oxidation sites excluding steroid dienone is 3. The maximum Gasteiger partial charge on any atom is 0.0843 e. The molecule has 0 unspecified atom stereocenters. The van der Waals surface area contributed by atoms with E-state index in [-0.39, 0.29) is 5.41 Å². The molecule has 3 heteroatoms. The lowest BCUT2D eigenvalue weighted by atomic mass is 9.82. The smallest absolute Gasteiger partial charge is 0.0843 e. The average Bonchev–Trinajstić information content (AvgIpc) is 2.94. The molecule has 27 heavy (non-hydrogen) atoms. The lowest BCUT2D eigenvalue weighted by Crippen LogP contribution is -2.22. The Hall–Kier alpha value is -2.94. The molecular weight excluding hydrogens is 330 g/mol. The fourth-order valence-corrected chi connectivity index (χ4v) is 4.14. The Labute approximate surface area is 161 Å². The van der Waals surface area contributed by atoms with E-state index >= 15 is 0 Å². The molecule has 2 aromatic carbocycles. The van der Waals surface area contributed by atoms with E-state index in [9.17, 15) is 0 Å². The maximum atomic E-state index is 4.37. The topological polar surface area (TPSA) is 28.0 Å². The van der Waals surface area contributed by atoms with Crippen LogP contribution in [0.1, 0.15) is 25.0 Å². The van der Waals surface area contributed by atoms with E-state index in [4.69, 9.17) is 0 Å².